The first-order valence-electron chi connectivity index (χ1n) is 20.2. The average molecular weight is 841 g/mol. The summed E-state index contributed by atoms with van der Waals surface area (Å²) >= 11 is 0. The van der Waals surface area contributed by atoms with Crippen LogP contribution in [-0.4, -0.2) is 87.0 Å². The molecule has 2 aromatic rings. The Bertz CT molecular complexity index is 2030. The number of nitrogens with zero attached hydrogens (tertiary/aromatic N) is 6. The van der Waals surface area contributed by atoms with E-state index in [2.05, 4.69) is 0 Å². The van der Waals surface area contributed by atoms with Gasteiger partial charge in [-0.1, -0.05) is 26.7 Å². The largest absolute Gasteiger partial charge is 0.464 e. The van der Waals surface area contributed by atoms with E-state index >= 15 is 0 Å². The Kier molecular flexibility index (Phi) is 19.2. The second kappa shape index (κ2) is 22.5. The third-order valence-electron chi connectivity index (χ3n) is 9.19. The zero-order valence-electron chi connectivity index (χ0n) is 36.2. The summed E-state index contributed by atoms with van der Waals surface area (Å²) in [4.78, 5) is 118. The predicted molar refractivity (Wildman–Crippen MR) is 215 cm³/mol. The highest BCUT2D eigenvalue weighted by molar-refractivity contribution is 5.70. The molecule has 2 heterocycles. The quantitative estimate of drug-likeness (QED) is 0.108. The monoisotopic (exact) mass is 840 g/mol. The number of hydrogen-bond acceptors (Lipinski definition) is 14. The van der Waals surface area contributed by atoms with Gasteiger partial charge in [-0.3, -0.25) is 14.4 Å². The van der Waals surface area contributed by atoms with E-state index in [4.69, 9.17) is 18.9 Å². The van der Waals surface area contributed by atoms with Gasteiger partial charge in [-0.2, -0.15) is 0 Å². The smallest absolute Gasteiger partial charge is 0.336 e. The molecule has 0 unspecified atom stereocenters. The van der Waals surface area contributed by atoms with Crippen molar-refractivity contribution in [3.8, 4) is 0 Å². The Morgan fingerprint density at radius 3 is 1.15 bits per heavy atom. The van der Waals surface area contributed by atoms with E-state index in [1.807, 2.05) is 13.8 Å². The molecule has 334 valence electrons. The Balaban J connectivity index is 2.35. The lowest BCUT2D eigenvalue weighted by Crippen LogP contribution is -2.55. The number of esters is 3. The molecule has 0 saturated carbocycles. The molecule has 0 amide bonds. The molecule has 0 radical (unpaired) electrons. The maximum atomic E-state index is 13.6. The molecular weight excluding hydrogens is 776 g/mol. The number of carbonyl (C=O) groups is 3. The summed E-state index contributed by atoms with van der Waals surface area (Å²) in [6.07, 6.45) is 3.18. The highest BCUT2D eigenvalue weighted by atomic mass is 16.6. The number of unbranched alkanes of at least 4 members (excludes halogenated alkanes) is 2. The van der Waals surface area contributed by atoms with Gasteiger partial charge in [0, 0.05) is 19.6 Å². The van der Waals surface area contributed by atoms with E-state index in [0.717, 1.165) is 30.3 Å². The molecule has 2 aromatic heterocycles. The minimum atomic E-state index is -1.11. The van der Waals surface area contributed by atoms with Crippen LogP contribution < -0.4 is 34.1 Å². The van der Waals surface area contributed by atoms with Crippen LogP contribution in [-0.2, 0) is 72.6 Å². The molecule has 0 aliphatic rings. The molecule has 1 N–H and O–H groups in total. The molecule has 0 saturated heterocycles. The van der Waals surface area contributed by atoms with E-state index in [9.17, 15) is 48.3 Å². The fraction of sp³-hybridized carbons (Fsp3) is 0.769. The number of aromatic nitrogens is 6. The van der Waals surface area contributed by atoms with Crippen LogP contribution in [0.25, 0.3) is 0 Å². The topological polar surface area (TPSA) is 240 Å². The van der Waals surface area contributed by atoms with Crippen molar-refractivity contribution in [3.63, 3.8) is 0 Å². The summed E-state index contributed by atoms with van der Waals surface area (Å²) in [6, 6.07) is 0. The van der Waals surface area contributed by atoms with E-state index < -0.39 is 134 Å². The first kappa shape index (κ1) is 50.3. The molecule has 0 spiro atoms. The SMILES string of the molecule is CCCCC(C)(C)OC(=O)CCn1c(=O)n(CCC(=O)OCCn2c(=O)n(CCO)c(=O)n(CCOC(C)(C)C)c2=O)c(=O)n(CCC(=O)OC(C)(C)CCCC)c1=O. The van der Waals surface area contributed by atoms with E-state index in [-0.39, 0.29) is 13.2 Å². The molecule has 20 heteroatoms. The summed E-state index contributed by atoms with van der Waals surface area (Å²) < 4.78 is 26.0. The Hall–Kier alpha value is -4.85. The Morgan fingerprint density at radius 1 is 0.492 bits per heavy atom. The van der Waals surface area contributed by atoms with Crippen molar-refractivity contribution in [1.29, 1.82) is 0 Å². The van der Waals surface area contributed by atoms with Crippen LogP contribution >= 0.6 is 0 Å². The van der Waals surface area contributed by atoms with Crippen molar-refractivity contribution in [2.24, 2.45) is 0 Å². The lowest BCUT2D eigenvalue weighted by Gasteiger charge is -2.25. The minimum absolute atomic E-state index is 0.0397. The third-order valence-corrected chi connectivity index (χ3v) is 9.19. The predicted octanol–water partition coefficient (Wildman–Crippen LogP) is 0.902. The fourth-order valence-electron chi connectivity index (χ4n) is 6.01. The molecule has 0 aliphatic heterocycles. The van der Waals surface area contributed by atoms with Crippen molar-refractivity contribution in [2.45, 2.75) is 176 Å². The standard InChI is InChI=1S/C39H64N6O14/c1-10-12-17-38(6,7)58-29(48)15-20-41-31(50)40(32(51)42(33(41)52)21-16-30(49)59-39(8,9)18-13-11-2)19-14-28(47)56-26-23-44-34(53)43(22-25-46)35(54)45(36(44)55)24-27-57-37(3,4)5/h46H,10-27H2,1-9H3. The summed E-state index contributed by atoms with van der Waals surface area (Å²) in [5, 5.41) is 9.44. The maximum absolute atomic E-state index is 13.6. The maximum Gasteiger partial charge on any atom is 0.336 e. The first-order valence-corrected chi connectivity index (χ1v) is 20.2. The van der Waals surface area contributed by atoms with Crippen molar-refractivity contribution in [1.82, 2.24) is 27.4 Å². The minimum Gasteiger partial charge on any atom is -0.464 e. The Labute approximate surface area is 342 Å². The molecule has 0 fully saturated rings. The van der Waals surface area contributed by atoms with Gasteiger partial charge in [0.05, 0.1) is 57.7 Å². The molecule has 0 bridgehead atoms. The average Bonchev–Trinajstić information content (AvgIpc) is 3.13. The molecule has 0 aromatic carbocycles. The second-order valence-electron chi connectivity index (χ2n) is 16.4. The van der Waals surface area contributed by atoms with Gasteiger partial charge in [0.25, 0.3) is 0 Å². The number of carbonyl (C=O) groups excluding carboxylic acids is 3. The zero-order valence-corrected chi connectivity index (χ0v) is 36.2. The van der Waals surface area contributed by atoms with Gasteiger partial charge in [0.1, 0.15) is 17.8 Å². The lowest BCUT2D eigenvalue weighted by atomic mass is 10.0. The highest BCUT2D eigenvalue weighted by Crippen LogP contribution is 2.19. The van der Waals surface area contributed by atoms with E-state index in [0.29, 0.717) is 35.7 Å². The normalized spacial score (nSPS) is 12.1. The summed E-state index contributed by atoms with van der Waals surface area (Å²) in [6.45, 7) is 12.6. The van der Waals surface area contributed by atoms with Crippen LogP contribution in [0.4, 0.5) is 0 Å². The number of ether oxygens (including phenoxy) is 4. The van der Waals surface area contributed by atoms with Crippen LogP contribution in [0.1, 0.15) is 120 Å². The van der Waals surface area contributed by atoms with Gasteiger partial charge in [0.2, 0.25) is 0 Å². The number of rotatable bonds is 25. The van der Waals surface area contributed by atoms with Crippen molar-refractivity contribution in [2.75, 3.05) is 19.8 Å². The van der Waals surface area contributed by atoms with Crippen molar-refractivity contribution >= 4 is 17.9 Å². The summed E-state index contributed by atoms with van der Waals surface area (Å²) in [7, 11) is 0. The van der Waals surface area contributed by atoms with Crippen LogP contribution in [0, 0.1) is 0 Å². The molecule has 59 heavy (non-hydrogen) atoms. The van der Waals surface area contributed by atoms with Gasteiger partial charge in [-0.15, -0.1) is 0 Å². The van der Waals surface area contributed by atoms with Gasteiger partial charge < -0.3 is 24.1 Å². The lowest BCUT2D eigenvalue weighted by molar-refractivity contribution is -0.158. The molecule has 20 nitrogen and oxygen atoms in total. The van der Waals surface area contributed by atoms with Crippen LogP contribution in [0.5, 0.6) is 0 Å². The molecule has 0 aliphatic carbocycles. The molecule has 2 rings (SSSR count). The third kappa shape index (κ3) is 15.7. The van der Waals surface area contributed by atoms with Crippen molar-refractivity contribution in [3.05, 3.63) is 62.9 Å². The van der Waals surface area contributed by atoms with Gasteiger partial charge in [-0.25, -0.2) is 56.2 Å². The van der Waals surface area contributed by atoms with E-state index in [1.54, 1.807) is 48.5 Å². The summed E-state index contributed by atoms with van der Waals surface area (Å²) in [5.41, 5.74) is -8.44. The van der Waals surface area contributed by atoms with Crippen LogP contribution in [0.2, 0.25) is 0 Å². The zero-order chi connectivity index (χ0) is 44.7. The molecular formula is C39H64N6O14. The fourth-order valence-corrected chi connectivity index (χ4v) is 6.01. The van der Waals surface area contributed by atoms with Crippen LogP contribution in [0.15, 0.2) is 28.8 Å². The second-order valence-corrected chi connectivity index (χ2v) is 16.4. The molecule has 0 atom stereocenters. The van der Waals surface area contributed by atoms with Crippen LogP contribution in [0.3, 0.4) is 0 Å². The number of hydrogen-bond donors (Lipinski definition) is 1. The van der Waals surface area contributed by atoms with E-state index in [1.165, 1.54) is 0 Å². The number of aliphatic hydroxyl groups is 1. The van der Waals surface area contributed by atoms with Gasteiger partial charge in [0.15, 0.2) is 0 Å². The first-order chi connectivity index (χ1) is 27.5. The van der Waals surface area contributed by atoms with Crippen molar-refractivity contribution < 1.29 is 38.4 Å². The van der Waals surface area contributed by atoms with Gasteiger partial charge >= 0.3 is 52.0 Å². The highest BCUT2D eigenvalue weighted by Gasteiger charge is 2.26. The summed E-state index contributed by atoms with van der Waals surface area (Å²) in [5.74, 6) is -2.31. The Morgan fingerprint density at radius 2 is 0.814 bits per heavy atom. The van der Waals surface area contributed by atoms with Gasteiger partial charge in [-0.05, 0) is 74.1 Å². The number of aliphatic hydroxyl groups excluding tert-OH is 1.